The van der Waals surface area contributed by atoms with Crippen molar-refractivity contribution in [3.05, 3.63) is 30.3 Å². The van der Waals surface area contributed by atoms with E-state index in [0.29, 0.717) is 12.4 Å². The Morgan fingerprint density at radius 1 is 1.35 bits per heavy atom. The Morgan fingerprint density at radius 2 is 2.12 bits per heavy atom. The lowest BCUT2D eigenvalue weighted by Crippen LogP contribution is -2.30. The summed E-state index contributed by atoms with van der Waals surface area (Å²) < 4.78 is 0. The van der Waals surface area contributed by atoms with Gasteiger partial charge in [0.15, 0.2) is 0 Å². The predicted molar refractivity (Wildman–Crippen MR) is 60.2 cm³/mol. The van der Waals surface area contributed by atoms with E-state index < -0.39 is 0 Å². The second-order valence-electron chi connectivity index (χ2n) is 3.39. The molecule has 0 atom stereocenters. The van der Waals surface area contributed by atoms with Gasteiger partial charge in [-0.15, -0.1) is 10.2 Å². The molecule has 0 unspecified atom stereocenters. The van der Waals surface area contributed by atoms with Gasteiger partial charge in [-0.25, -0.2) is 5.84 Å². The van der Waals surface area contributed by atoms with E-state index >= 15 is 0 Å². The topological polar surface area (TPSA) is 98.7 Å². The van der Waals surface area contributed by atoms with E-state index in [0.717, 1.165) is 5.56 Å². The number of aryl methyl sites for hydroxylation is 1. The molecule has 7 heteroatoms. The molecule has 17 heavy (non-hydrogen) atoms. The average Bonchev–Trinajstić information content (AvgIpc) is 2.86. The second kappa shape index (κ2) is 5.17. The normalized spacial score (nSPS) is 10.2. The quantitative estimate of drug-likeness (QED) is 0.429. The van der Waals surface area contributed by atoms with Crippen LogP contribution < -0.4 is 11.3 Å². The highest BCUT2D eigenvalue weighted by molar-refractivity contribution is 5.74. The number of hydrogen-bond donors (Lipinski definition) is 2. The molecule has 1 amide bonds. The molecule has 3 N–H and O–H groups in total. The number of carbonyl (C=O) groups is 1. The third-order valence-corrected chi connectivity index (χ3v) is 2.18. The molecule has 0 saturated carbocycles. The molecule has 0 radical (unpaired) electrons. The van der Waals surface area contributed by atoms with Gasteiger partial charge < -0.3 is 0 Å². The summed E-state index contributed by atoms with van der Waals surface area (Å²) in [5, 5.41) is 11.9. The maximum atomic E-state index is 10.9. The van der Waals surface area contributed by atoms with Crippen molar-refractivity contribution in [3.63, 3.8) is 0 Å². The minimum absolute atomic E-state index is 0.223. The molecule has 88 valence electrons. The molecule has 0 spiro atoms. The molecule has 0 fully saturated rings. The average molecular weight is 232 g/mol. The first-order valence-corrected chi connectivity index (χ1v) is 5.12. The summed E-state index contributed by atoms with van der Waals surface area (Å²) in [5.74, 6) is 5.25. The Kier molecular flexibility index (Phi) is 3.41. The zero-order valence-electron chi connectivity index (χ0n) is 9.08. The van der Waals surface area contributed by atoms with Gasteiger partial charge in [-0.05, 0) is 5.21 Å². The lowest BCUT2D eigenvalue weighted by atomic mass is 10.2. The molecule has 0 saturated heterocycles. The molecule has 1 aromatic carbocycles. The van der Waals surface area contributed by atoms with Crippen molar-refractivity contribution in [2.24, 2.45) is 5.84 Å². The summed E-state index contributed by atoms with van der Waals surface area (Å²) in [6.07, 6.45) is 0.223. The molecule has 2 rings (SSSR count). The smallest absolute Gasteiger partial charge is 0.235 e. The van der Waals surface area contributed by atoms with Gasteiger partial charge in [0, 0.05) is 12.0 Å². The number of aromatic nitrogens is 4. The van der Waals surface area contributed by atoms with E-state index in [1.165, 1.54) is 4.80 Å². The van der Waals surface area contributed by atoms with E-state index in [4.69, 9.17) is 5.84 Å². The molecule has 0 aliphatic carbocycles. The molecule has 7 nitrogen and oxygen atoms in total. The number of nitrogens with two attached hydrogens (primary N) is 1. The molecule has 1 heterocycles. The van der Waals surface area contributed by atoms with Crippen LogP contribution in [0, 0.1) is 0 Å². The van der Waals surface area contributed by atoms with Crippen LogP contribution in [0.2, 0.25) is 0 Å². The van der Waals surface area contributed by atoms with Crippen LogP contribution in [0.1, 0.15) is 6.42 Å². The first-order chi connectivity index (χ1) is 8.29. The monoisotopic (exact) mass is 232 g/mol. The highest BCUT2D eigenvalue weighted by atomic mass is 16.2. The van der Waals surface area contributed by atoms with Crippen molar-refractivity contribution in [3.8, 4) is 11.4 Å². The van der Waals surface area contributed by atoms with Crippen LogP contribution in [0.3, 0.4) is 0 Å². The molecule has 2 aromatic rings. The summed E-state index contributed by atoms with van der Waals surface area (Å²) in [5.41, 5.74) is 2.94. The maximum Gasteiger partial charge on any atom is 0.235 e. The summed E-state index contributed by atoms with van der Waals surface area (Å²) in [7, 11) is 0. The Balaban J connectivity index is 2.04. The van der Waals surface area contributed by atoms with Gasteiger partial charge in [0.25, 0.3) is 0 Å². The Hall–Kier alpha value is -2.28. The highest BCUT2D eigenvalue weighted by Crippen LogP contribution is 2.11. The van der Waals surface area contributed by atoms with Crippen molar-refractivity contribution < 1.29 is 4.79 Å². The van der Waals surface area contributed by atoms with Crippen LogP contribution >= 0.6 is 0 Å². The van der Waals surface area contributed by atoms with Gasteiger partial charge in [0.1, 0.15) is 0 Å². The number of tetrazole rings is 1. The third kappa shape index (κ3) is 2.85. The number of rotatable bonds is 4. The largest absolute Gasteiger partial charge is 0.294 e. The highest BCUT2D eigenvalue weighted by Gasteiger charge is 2.06. The number of hydrogen-bond acceptors (Lipinski definition) is 5. The van der Waals surface area contributed by atoms with Crippen molar-refractivity contribution in [2.75, 3.05) is 0 Å². The number of hydrazine groups is 1. The fourth-order valence-corrected chi connectivity index (χ4v) is 1.31. The fraction of sp³-hybridized carbons (Fsp3) is 0.200. The van der Waals surface area contributed by atoms with E-state index in [1.54, 1.807) is 0 Å². The van der Waals surface area contributed by atoms with Crippen LogP contribution in [0.4, 0.5) is 0 Å². The second-order valence-corrected chi connectivity index (χ2v) is 3.39. The van der Waals surface area contributed by atoms with Crippen LogP contribution in [-0.4, -0.2) is 26.1 Å². The van der Waals surface area contributed by atoms with Crippen molar-refractivity contribution >= 4 is 5.91 Å². The summed E-state index contributed by atoms with van der Waals surface area (Å²) in [6.45, 7) is 0.350. The standard InChI is InChI=1S/C10H12N6O/c11-12-9(17)6-7-16-14-10(13-15-16)8-4-2-1-3-5-8/h1-5H,6-7,11H2,(H,12,17). The van der Waals surface area contributed by atoms with Gasteiger partial charge in [0.2, 0.25) is 11.7 Å². The summed E-state index contributed by atoms with van der Waals surface area (Å²) >= 11 is 0. The van der Waals surface area contributed by atoms with Gasteiger partial charge in [0.05, 0.1) is 6.54 Å². The van der Waals surface area contributed by atoms with Crippen molar-refractivity contribution in [1.29, 1.82) is 0 Å². The first-order valence-electron chi connectivity index (χ1n) is 5.12. The number of amides is 1. The van der Waals surface area contributed by atoms with Crippen LogP contribution in [0.15, 0.2) is 30.3 Å². The van der Waals surface area contributed by atoms with Crippen LogP contribution in [-0.2, 0) is 11.3 Å². The zero-order valence-corrected chi connectivity index (χ0v) is 9.08. The molecule has 0 bridgehead atoms. The van der Waals surface area contributed by atoms with E-state index in [9.17, 15) is 4.79 Å². The molecule has 1 aromatic heterocycles. The minimum Gasteiger partial charge on any atom is -0.294 e. The van der Waals surface area contributed by atoms with Gasteiger partial charge >= 0.3 is 0 Å². The molecule has 0 aliphatic heterocycles. The van der Waals surface area contributed by atoms with Crippen molar-refractivity contribution in [1.82, 2.24) is 25.6 Å². The van der Waals surface area contributed by atoms with Crippen LogP contribution in [0.25, 0.3) is 11.4 Å². The zero-order chi connectivity index (χ0) is 12.1. The lowest BCUT2D eigenvalue weighted by molar-refractivity contribution is -0.121. The minimum atomic E-state index is -0.261. The first kappa shape index (κ1) is 11.2. The number of benzene rings is 1. The Labute approximate surface area is 97.6 Å². The third-order valence-electron chi connectivity index (χ3n) is 2.18. The van der Waals surface area contributed by atoms with Crippen molar-refractivity contribution in [2.45, 2.75) is 13.0 Å². The predicted octanol–water partition coefficient (Wildman–Crippen LogP) is -0.280. The van der Waals surface area contributed by atoms with Gasteiger partial charge in [-0.1, -0.05) is 30.3 Å². The van der Waals surface area contributed by atoms with E-state index in [1.807, 2.05) is 35.8 Å². The molecular formula is C10H12N6O. The molecular weight excluding hydrogens is 220 g/mol. The lowest BCUT2D eigenvalue weighted by Gasteiger charge is -1.97. The van der Waals surface area contributed by atoms with Gasteiger partial charge in [-0.3, -0.25) is 10.2 Å². The summed E-state index contributed by atoms with van der Waals surface area (Å²) in [4.78, 5) is 12.3. The fourth-order valence-electron chi connectivity index (χ4n) is 1.31. The van der Waals surface area contributed by atoms with Gasteiger partial charge in [-0.2, -0.15) is 4.80 Å². The SMILES string of the molecule is NNC(=O)CCn1nnc(-c2ccccc2)n1. The molecule has 0 aliphatic rings. The number of nitrogens with zero attached hydrogens (tertiary/aromatic N) is 4. The summed E-state index contributed by atoms with van der Waals surface area (Å²) in [6, 6.07) is 9.51. The Morgan fingerprint density at radius 3 is 2.82 bits per heavy atom. The maximum absolute atomic E-state index is 10.9. The number of carbonyl (C=O) groups excluding carboxylic acids is 1. The number of nitrogens with one attached hydrogen (secondary N) is 1. The van der Waals surface area contributed by atoms with Crippen LogP contribution in [0.5, 0.6) is 0 Å². The van der Waals surface area contributed by atoms with E-state index in [2.05, 4.69) is 15.4 Å². The Bertz CT molecular complexity index is 495. The van der Waals surface area contributed by atoms with E-state index in [-0.39, 0.29) is 12.3 Å².